The predicted octanol–water partition coefficient (Wildman–Crippen LogP) is 6.19. The van der Waals surface area contributed by atoms with Crippen LogP contribution in [0.15, 0.2) is 54.1 Å². The number of thiazole rings is 1. The van der Waals surface area contributed by atoms with Crippen LogP contribution in [0.1, 0.15) is 35.9 Å². The Morgan fingerprint density at radius 2 is 1.89 bits per heavy atom. The van der Waals surface area contributed by atoms with Crippen molar-refractivity contribution in [2.75, 3.05) is 11.9 Å². The van der Waals surface area contributed by atoms with Crippen molar-refractivity contribution in [3.05, 3.63) is 76.6 Å². The first-order chi connectivity index (χ1) is 17.8. The maximum atomic E-state index is 12.5. The van der Waals surface area contributed by atoms with Crippen LogP contribution in [0.5, 0.6) is 0 Å². The molecule has 2 aromatic heterocycles. The molecular formula is C29H28N4O3S. The number of ether oxygens (including phenoxy) is 1. The molecule has 2 aromatic carbocycles. The molecule has 0 fully saturated rings. The topological polar surface area (TPSA) is 97.0 Å². The molecule has 0 atom stereocenters. The molecule has 0 unspecified atom stereocenters. The van der Waals surface area contributed by atoms with Gasteiger partial charge in [-0.05, 0) is 86.9 Å². The number of benzene rings is 2. The van der Waals surface area contributed by atoms with Gasteiger partial charge in [-0.3, -0.25) is 4.79 Å². The first-order valence-corrected chi connectivity index (χ1v) is 12.8. The van der Waals surface area contributed by atoms with E-state index in [1.165, 1.54) is 11.6 Å². The fourth-order valence-electron chi connectivity index (χ4n) is 4.09. The summed E-state index contributed by atoms with van der Waals surface area (Å²) in [6.07, 6.45) is 2.49. The number of carbonyl (C=O) groups excluding carboxylic acids is 2. The Morgan fingerprint density at radius 3 is 2.59 bits per heavy atom. The third-order valence-corrected chi connectivity index (χ3v) is 7.06. The van der Waals surface area contributed by atoms with E-state index in [9.17, 15) is 14.9 Å². The molecular weight excluding hydrogens is 484 g/mol. The Balaban J connectivity index is 1.36. The number of rotatable bonds is 8. The van der Waals surface area contributed by atoms with E-state index < -0.39 is 18.5 Å². The quantitative estimate of drug-likeness (QED) is 0.172. The van der Waals surface area contributed by atoms with Crippen LogP contribution >= 0.6 is 11.3 Å². The second kappa shape index (κ2) is 11.2. The Morgan fingerprint density at radius 1 is 1.14 bits per heavy atom. The van der Waals surface area contributed by atoms with Crippen molar-refractivity contribution in [1.29, 1.82) is 5.26 Å². The number of nitriles is 1. The summed E-state index contributed by atoms with van der Waals surface area (Å²) >= 11 is 1.62. The van der Waals surface area contributed by atoms with Crippen LogP contribution < -0.4 is 5.32 Å². The standard InChI is InChI=1S/C29H28N4O3S/c1-5-12-33-19(3)14-22(20(33)4)15-23(16-30)29(35)36-17-27(34)31-24-9-7-21(8-10-24)28-32-25-11-6-18(2)13-26(25)37-28/h6-11,13-15H,5,12,17H2,1-4H3,(H,31,34)/b23-15+. The van der Waals surface area contributed by atoms with Crippen LogP contribution in [0, 0.1) is 32.1 Å². The highest BCUT2D eigenvalue weighted by Gasteiger charge is 2.16. The van der Waals surface area contributed by atoms with Crippen LogP contribution in [0.25, 0.3) is 26.9 Å². The molecule has 4 aromatic rings. The summed E-state index contributed by atoms with van der Waals surface area (Å²) in [5.74, 6) is -1.32. The van der Waals surface area contributed by atoms with E-state index in [0.29, 0.717) is 5.69 Å². The fourth-order valence-corrected chi connectivity index (χ4v) is 5.16. The lowest BCUT2D eigenvalue weighted by Gasteiger charge is -2.08. The Labute approximate surface area is 220 Å². The second-order valence-corrected chi connectivity index (χ2v) is 9.87. The molecule has 0 aliphatic carbocycles. The number of nitrogens with one attached hydrogen (secondary N) is 1. The average Bonchev–Trinajstić information content (AvgIpc) is 3.42. The monoisotopic (exact) mass is 512 g/mol. The molecule has 0 aliphatic rings. The van der Waals surface area contributed by atoms with Gasteiger partial charge < -0.3 is 14.6 Å². The van der Waals surface area contributed by atoms with Gasteiger partial charge >= 0.3 is 5.97 Å². The molecule has 1 amide bonds. The van der Waals surface area contributed by atoms with Gasteiger partial charge in [0.1, 0.15) is 16.6 Å². The molecule has 0 spiro atoms. The normalized spacial score (nSPS) is 11.4. The van der Waals surface area contributed by atoms with Crippen LogP contribution in [0.3, 0.4) is 0 Å². The summed E-state index contributed by atoms with van der Waals surface area (Å²) in [5.41, 5.74) is 6.33. The highest BCUT2D eigenvalue weighted by Crippen LogP contribution is 2.31. The van der Waals surface area contributed by atoms with Crippen LogP contribution in [0.4, 0.5) is 5.69 Å². The van der Waals surface area contributed by atoms with E-state index in [1.54, 1.807) is 23.5 Å². The zero-order valence-corrected chi connectivity index (χ0v) is 22.1. The lowest BCUT2D eigenvalue weighted by atomic mass is 10.1. The van der Waals surface area contributed by atoms with E-state index in [2.05, 4.69) is 34.8 Å². The number of amides is 1. The molecule has 8 heteroatoms. The molecule has 0 aliphatic heterocycles. The number of esters is 1. The number of aryl methyl sites for hydroxylation is 2. The van der Waals surface area contributed by atoms with Gasteiger partial charge in [-0.2, -0.15) is 5.26 Å². The molecule has 37 heavy (non-hydrogen) atoms. The second-order valence-electron chi connectivity index (χ2n) is 8.84. The van der Waals surface area contributed by atoms with Crippen molar-refractivity contribution in [3.8, 4) is 16.6 Å². The molecule has 188 valence electrons. The molecule has 1 N–H and O–H groups in total. The minimum absolute atomic E-state index is 0.153. The van der Waals surface area contributed by atoms with Gasteiger partial charge in [-0.15, -0.1) is 11.3 Å². The number of aromatic nitrogens is 2. The summed E-state index contributed by atoms with van der Waals surface area (Å²) in [5, 5.41) is 13.1. The Hall–Kier alpha value is -4.22. The van der Waals surface area contributed by atoms with E-state index >= 15 is 0 Å². The molecule has 4 rings (SSSR count). The van der Waals surface area contributed by atoms with Crippen molar-refractivity contribution in [2.45, 2.75) is 40.7 Å². The van der Waals surface area contributed by atoms with Crippen LogP contribution in [0.2, 0.25) is 0 Å². The van der Waals surface area contributed by atoms with Gasteiger partial charge in [-0.25, -0.2) is 9.78 Å². The summed E-state index contributed by atoms with van der Waals surface area (Å²) in [4.78, 5) is 29.5. The van der Waals surface area contributed by atoms with Gasteiger partial charge in [0.25, 0.3) is 5.91 Å². The third kappa shape index (κ3) is 5.96. The number of fused-ring (bicyclic) bond motifs is 1. The summed E-state index contributed by atoms with van der Waals surface area (Å²) in [6.45, 7) is 8.45. The molecule has 0 radical (unpaired) electrons. The van der Waals surface area contributed by atoms with E-state index in [-0.39, 0.29) is 5.57 Å². The molecule has 0 saturated carbocycles. The van der Waals surface area contributed by atoms with Crippen molar-refractivity contribution in [1.82, 2.24) is 9.55 Å². The van der Waals surface area contributed by atoms with Gasteiger partial charge in [0.2, 0.25) is 0 Å². The molecule has 0 bridgehead atoms. The lowest BCUT2D eigenvalue weighted by Crippen LogP contribution is -2.21. The lowest BCUT2D eigenvalue weighted by molar-refractivity contribution is -0.142. The highest BCUT2D eigenvalue weighted by molar-refractivity contribution is 7.21. The van der Waals surface area contributed by atoms with Crippen molar-refractivity contribution < 1.29 is 14.3 Å². The van der Waals surface area contributed by atoms with Crippen LogP contribution in [-0.4, -0.2) is 28.0 Å². The largest absolute Gasteiger partial charge is 0.451 e. The zero-order valence-electron chi connectivity index (χ0n) is 21.3. The third-order valence-electron chi connectivity index (χ3n) is 5.99. The van der Waals surface area contributed by atoms with Crippen LogP contribution in [-0.2, 0) is 20.9 Å². The number of carbonyl (C=O) groups is 2. The molecule has 2 heterocycles. The van der Waals surface area contributed by atoms with E-state index in [0.717, 1.165) is 50.7 Å². The minimum Gasteiger partial charge on any atom is -0.451 e. The number of anilines is 1. The first kappa shape index (κ1) is 25.9. The summed E-state index contributed by atoms with van der Waals surface area (Å²) < 4.78 is 8.38. The van der Waals surface area contributed by atoms with E-state index in [1.807, 2.05) is 50.2 Å². The minimum atomic E-state index is -0.834. The first-order valence-electron chi connectivity index (χ1n) is 12.0. The smallest absolute Gasteiger partial charge is 0.349 e. The van der Waals surface area contributed by atoms with Crippen molar-refractivity contribution >= 4 is 45.2 Å². The highest BCUT2D eigenvalue weighted by atomic mass is 32.1. The number of hydrogen-bond acceptors (Lipinski definition) is 6. The van der Waals surface area contributed by atoms with Gasteiger partial charge in [0.15, 0.2) is 6.61 Å². The fraction of sp³-hybridized carbons (Fsp3) is 0.241. The summed E-state index contributed by atoms with van der Waals surface area (Å²) in [7, 11) is 0. The average molecular weight is 513 g/mol. The van der Waals surface area contributed by atoms with E-state index in [4.69, 9.17) is 4.74 Å². The zero-order chi connectivity index (χ0) is 26.5. The number of nitrogens with zero attached hydrogens (tertiary/aromatic N) is 3. The summed E-state index contributed by atoms with van der Waals surface area (Å²) in [6, 6.07) is 17.3. The van der Waals surface area contributed by atoms with Crippen molar-refractivity contribution in [3.63, 3.8) is 0 Å². The Bertz CT molecular complexity index is 1540. The SMILES string of the molecule is CCCn1c(C)cc(/C=C(\C#N)C(=O)OCC(=O)Nc2ccc(-c3nc4ccc(C)cc4s3)cc2)c1C. The van der Waals surface area contributed by atoms with Gasteiger partial charge in [0, 0.05) is 29.2 Å². The predicted molar refractivity (Wildman–Crippen MR) is 147 cm³/mol. The number of hydrogen-bond donors (Lipinski definition) is 1. The Kier molecular flexibility index (Phi) is 7.85. The van der Waals surface area contributed by atoms with Gasteiger partial charge in [0.05, 0.1) is 10.2 Å². The molecule has 0 saturated heterocycles. The van der Waals surface area contributed by atoms with Crippen molar-refractivity contribution in [2.24, 2.45) is 0 Å². The van der Waals surface area contributed by atoms with Gasteiger partial charge in [-0.1, -0.05) is 13.0 Å². The molecule has 7 nitrogen and oxygen atoms in total. The maximum absolute atomic E-state index is 12.5. The maximum Gasteiger partial charge on any atom is 0.349 e.